The monoisotopic (exact) mass is 273 g/mol. The summed E-state index contributed by atoms with van der Waals surface area (Å²) in [6.45, 7) is 12.8. The number of nitrogens with zero attached hydrogens (tertiary/aromatic N) is 4. The average molecular weight is 274 g/mol. The zero-order valence-corrected chi connectivity index (χ0v) is 12.5. The molecule has 1 aliphatic rings. The van der Waals surface area contributed by atoms with Crippen molar-refractivity contribution in [2.24, 2.45) is 0 Å². The summed E-state index contributed by atoms with van der Waals surface area (Å²) < 4.78 is 1.94. The maximum Gasteiger partial charge on any atom is 0.0967 e. The molecule has 1 atom stereocenters. The van der Waals surface area contributed by atoms with Gasteiger partial charge in [0, 0.05) is 32.2 Å². The third kappa shape index (κ3) is 3.67. The van der Waals surface area contributed by atoms with E-state index >= 15 is 0 Å². The molecule has 5 nitrogen and oxygen atoms in total. The van der Waals surface area contributed by atoms with Gasteiger partial charge in [-0.1, -0.05) is 5.21 Å². The van der Waals surface area contributed by atoms with Crippen molar-refractivity contribution < 1.29 is 0 Å². The number of piperazine rings is 1. The summed E-state index contributed by atoms with van der Waals surface area (Å²) in [6.07, 6.45) is 2.06. The van der Waals surface area contributed by atoms with Crippen LogP contribution in [0.2, 0.25) is 0 Å². The molecular weight excluding hydrogens is 250 g/mol. The Morgan fingerprint density at radius 2 is 2.17 bits per heavy atom. The van der Waals surface area contributed by atoms with Gasteiger partial charge >= 0.3 is 0 Å². The largest absolute Gasteiger partial charge is 0.314 e. The van der Waals surface area contributed by atoms with Crippen molar-refractivity contribution in [2.75, 3.05) is 19.6 Å². The minimum absolute atomic E-state index is 0. The molecule has 0 unspecified atom stereocenters. The molecule has 18 heavy (non-hydrogen) atoms. The van der Waals surface area contributed by atoms with Crippen LogP contribution in [0.3, 0.4) is 0 Å². The molecule has 1 aromatic heterocycles. The van der Waals surface area contributed by atoms with Gasteiger partial charge < -0.3 is 5.32 Å². The van der Waals surface area contributed by atoms with Crippen LogP contribution in [-0.2, 0) is 12.1 Å². The fourth-order valence-corrected chi connectivity index (χ4v) is 2.02. The second-order valence-electron chi connectivity index (χ2n) is 5.85. The Kier molecular flexibility index (Phi) is 5.13. The van der Waals surface area contributed by atoms with Crippen LogP contribution in [0.15, 0.2) is 6.20 Å². The molecule has 1 aliphatic heterocycles. The van der Waals surface area contributed by atoms with E-state index in [4.69, 9.17) is 0 Å². The fourth-order valence-electron chi connectivity index (χ4n) is 2.02. The molecule has 0 aromatic carbocycles. The third-order valence-electron chi connectivity index (χ3n) is 3.23. The zero-order valence-electron chi connectivity index (χ0n) is 11.7. The lowest BCUT2D eigenvalue weighted by atomic mass is 10.1. The molecule has 1 aromatic rings. The lowest BCUT2D eigenvalue weighted by Crippen LogP contribution is -2.49. The predicted octanol–water partition coefficient (Wildman–Crippen LogP) is 1.25. The first-order valence-electron chi connectivity index (χ1n) is 6.33. The van der Waals surface area contributed by atoms with Gasteiger partial charge in [-0.2, -0.15) is 0 Å². The van der Waals surface area contributed by atoms with Gasteiger partial charge in [0.25, 0.3) is 0 Å². The van der Waals surface area contributed by atoms with E-state index < -0.39 is 0 Å². The standard InChI is InChI=1S/C12H23N5.ClH/c1-10-7-13-5-6-16(10)8-11-9-17(15-14-11)12(2,3)4;/h9-10,13H,5-8H2,1-4H3;1H/t10-;/m0./s1. The lowest BCUT2D eigenvalue weighted by molar-refractivity contribution is 0.163. The smallest absolute Gasteiger partial charge is 0.0967 e. The molecular formula is C12H24ClN5. The van der Waals surface area contributed by atoms with Crippen LogP contribution in [0, 0.1) is 0 Å². The summed E-state index contributed by atoms with van der Waals surface area (Å²) >= 11 is 0. The van der Waals surface area contributed by atoms with Crippen molar-refractivity contribution in [3.63, 3.8) is 0 Å². The number of hydrogen-bond donors (Lipinski definition) is 1. The van der Waals surface area contributed by atoms with Crippen molar-refractivity contribution in [2.45, 2.75) is 45.8 Å². The molecule has 104 valence electrons. The van der Waals surface area contributed by atoms with Gasteiger partial charge in [0.2, 0.25) is 0 Å². The van der Waals surface area contributed by atoms with Crippen molar-refractivity contribution in [1.29, 1.82) is 0 Å². The van der Waals surface area contributed by atoms with Crippen molar-refractivity contribution in [1.82, 2.24) is 25.2 Å². The summed E-state index contributed by atoms with van der Waals surface area (Å²) in [4.78, 5) is 2.45. The molecule has 0 radical (unpaired) electrons. The van der Waals surface area contributed by atoms with E-state index in [1.165, 1.54) is 0 Å². The van der Waals surface area contributed by atoms with Gasteiger partial charge in [-0.15, -0.1) is 17.5 Å². The second kappa shape index (κ2) is 5.99. The highest BCUT2D eigenvalue weighted by Crippen LogP contribution is 2.13. The van der Waals surface area contributed by atoms with Crippen LogP contribution >= 0.6 is 12.4 Å². The molecule has 0 amide bonds. The van der Waals surface area contributed by atoms with Crippen LogP contribution in [-0.4, -0.2) is 45.6 Å². The number of rotatable bonds is 2. The number of nitrogens with one attached hydrogen (secondary N) is 1. The normalized spacial score (nSPS) is 21.7. The molecule has 1 saturated heterocycles. The molecule has 1 N–H and O–H groups in total. The third-order valence-corrected chi connectivity index (χ3v) is 3.23. The Morgan fingerprint density at radius 3 is 2.72 bits per heavy atom. The highest BCUT2D eigenvalue weighted by Gasteiger charge is 2.20. The van der Waals surface area contributed by atoms with Crippen molar-refractivity contribution >= 4 is 12.4 Å². The zero-order chi connectivity index (χ0) is 12.5. The topological polar surface area (TPSA) is 46.0 Å². The highest BCUT2D eigenvalue weighted by atomic mass is 35.5. The number of aromatic nitrogens is 3. The molecule has 2 heterocycles. The van der Waals surface area contributed by atoms with Crippen LogP contribution in [0.4, 0.5) is 0 Å². The van der Waals surface area contributed by atoms with E-state index in [2.05, 4.69) is 54.4 Å². The van der Waals surface area contributed by atoms with E-state index in [-0.39, 0.29) is 17.9 Å². The molecule has 0 saturated carbocycles. The van der Waals surface area contributed by atoms with Crippen molar-refractivity contribution in [3.05, 3.63) is 11.9 Å². The van der Waals surface area contributed by atoms with Gasteiger partial charge in [0.15, 0.2) is 0 Å². The van der Waals surface area contributed by atoms with Crippen LogP contribution in [0.1, 0.15) is 33.4 Å². The molecule has 0 aliphatic carbocycles. The number of hydrogen-bond acceptors (Lipinski definition) is 4. The fraction of sp³-hybridized carbons (Fsp3) is 0.833. The quantitative estimate of drug-likeness (QED) is 0.881. The minimum Gasteiger partial charge on any atom is -0.314 e. The Morgan fingerprint density at radius 1 is 1.44 bits per heavy atom. The highest BCUT2D eigenvalue weighted by molar-refractivity contribution is 5.85. The predicted molar refractivity (Wildman–Crippen MR) is 75.0 cm³/mol. The minimum atomic E-state index is 0. The van der Waals surface area contributed by atoms with Gasteiger partial charge in [-0.05, 0) is 27.7 Å². The van der Waals surface area contributed by atoms with E-state index in [0.717, 1.165) is 31.9 Å². The second-order valence-corrected chi connectivity index (χ2v) is 5.85. The van der Waals surface area contributed by atoms with Crippen molar-refractivity contribution in [3.8, 4) is 0 Å². The first-order chi connectivity index (χ1) is 7.97. The first kappa shape index (κ1) is 15.4. The van der Waals surface area contributed by atoms with Crippen LogP contribution < -0.4 is 5.32 Å². The van der Waals surface area contributed by atoms with E-state index in [9.17, 15) is 0 Å². The Labute approximate surface area is 115 Å². The maximum atomic E-state index is 4.26. The molecule has 2 rings (SSSR count). The van der Waals surface area contributed by atoms with E-state index in [1.54, 1.807) is 0 Å². The van der Waals surface area contributed by atoms with Gasteiger partial charge in [0.05, 0.1) is 17.4 Å². The molecule has 0 bridgehead atoms. The maximum absolute atomic E-state index is 4.26. The summed E-state index contributed by atoms with van der Waals surface area (Å²) in [7, 11) is 0. The summed E-state index contributed by atoms with van der Waals surface area (Å²) in [6, 6.07) is 0.573. The first-order valence-corrected chi connectivity index (χ1v) is 6.33. The van der Waals surface area contributed by atoms with Gasteiger partial charge in [-0.25, -0.2) is 4.68 Å². The van der Waals surface area contributed by atoms with Crippen LogP contribution in [0.5, 0.6) is 0 Å². The van der Waals surface area contributed by atoms with Gasteiger partial charge in [0.1, 0.15) is 0 Å². The van der Waals surface area contributed by atoms with Gasteiger partial charge in [-0.3, -0.25) is 4.90 Å². The van der Waals surface area contributed by atoms with E-state index in [1.807, 2.05) is 4.68 Å². The molecule has 1 fully saturated rings. The summed E-state index contributed by atoms with van der Waals surface area (Å²) in [5.41, 5.74) is 1.08. The molecule has 6 heteroatoms. The SMILES string of the molecule is C[C@H]1CNCCN1Cc1cn(C(C)(C)C)nn1.Cl. The number of halogens is 1. The van der Waals surface area contributed by atoms with E-state index in [0.29, 0.717) is 6.04 Å². The lowest BCUT2D eigenvalue weighted by Gasteiger charge is -2.33. The molecule has 0 spiro atoms. The average Bonchev–Trinajstić information content (AvgIpc) is 2.69. The van der Waals surface area contributed by atoms with Crippen LogP contribution in [0.25, 0.3) is 0 Å². The Bertz CT molecular complexity index is 371. The Hall–Kier alpha value is -0.650. The Balaban J connectivity index is 0.00000162. The summed E-state index contributed by atoms with van der Waals surface area (Å²) in [5.74, 6) is 0. The summed E-state index contributed by atoms with van der Waals surface area (Å²) in [5, 5.41) is 11.9.